The SMILES string of the molecule is CCOC(=O)NC1CCCC(O)(C#Cc2cccc(C)c2)C1. The maximum atomic E-state index is 11.5. The van der Waals surface area contributed by atoms with Crippen molar-refractivity contribution in [3.8, 4) is 11.8 Å². The van der Waals surface area contributed by atoms with Gasteiger partial charge in [-0.15, -0.1) is 0 Å². The molecule has 4 nitrogen and oxygen atoms in total. The Morgan fingerprint density at radius 2 is 2.36 bits per heavy atom. The molecule has 1 aromatic carbocycles. The van der Waals surface area contributed by atoms with E-state index in [1.54, 1.807) is 6.92 Å². The molecule has 0 spiro atoms. The highest BCUT2D eigenvalue weighted by atomic mass is 16.5. The molecule has 1 aromatic rings. The van der Waals surface area contributed by atoms with Crippen LogP contribution in [-0.2, 0) is 4.74 Å². The molecule has 0 aliphatic heterocycles. The largest absolute Gasteiger partial charge is 0.450 e. The van der Waals surface area contributed by atoms with E-state index >= 15 is 0 Å². The fraction of sp³-hybridized carbons (Fsp3) is 0.500. The van der Waals surface area contributed by atoms with Gasteiger partial charge in [0.25, 0.3) is 0 Å². The van der Waals surface area contributed by atoms with Gasteiger partial charge in [0.15, 0.2) is 0 Å². The van der Waals surface area contributed by atoms with Crippen molar-refractivity contribution in [2.75, 3.05) is 6.61 Å². The molecule has 1 fully saturated rings. The Morgan fingerprint density at radius 1 is 1.55 bits per heavy atom. The molecule has 2 N–H and O–H groups in total. The zero-order valence-electron chi connectivity index (χ0n) is 13.2. The van der Waals surface area contributed by atoms with Gasteiger partial charge in [0.05, 0.1) is 6.61 Å². The van der Waals surface area contributed by atoms with Crippen LogP contribution in [0.1, 0.15) is 43.7 Å². The molecule has 0 heterocycles. The van der Waals surface area contributed by atoms with Crippen LogP contribution in [0.15, 0.2) is 24.3 Å². The van der Waals surface area contributed by atoms with Crippen LogP contribution in [0.25, 0.3) is 0 Å². The number of aryl methyl sites for hydroxylation is 1. The Morgan fingerprint density at radius 3 is 3.09 bits per heavy atom. The molecule has 4 heteroatoms. The van der Waals surface area contributed by atoms with Gasteiger partial charge in [0, 0.05) is 18.0 Å². The monoisotopic (exact) mass is 301 g/mol. The van der Waals surface area contributed by atoms with E-state index in [-0.39, 0.29) is 6.04 Å². The van der Waals surface area contributed by atoms with E-state index in [9.17, 15) is 9.90 Å². The van der Waals surface area contributed by atoms with Gasteiger partial charge in [-0.25, -0.2) is 4.79 Å². The number of amides is 1. The van der Waals surface area contributed by atoms with Gasteiger partial charge in [0.2, 0.25) is 0 Å². The Labute approximate surface area is 131 Å². The number of ether oxygens (including phenoxy) is 1. The van der Waals surface area contributed by atoms with Gasteiger partial charge in [-0.2, -0.15) is 0 Å². The van der Waals surface area contributed by atoms with Crippen molar-refractivity contribution in [2.45, 2.75) is 51.2 Å². The maximum Gasteiger partial charge on any atom is 0.407 e. The van der Waals surface area contributed by atoms with Gasteiger partial charge < -0.3 is 15.2 Å². The van der Waals surface area contributed by atoms with Crippen molar-refractivity contribution in [1.29, 1.82) is 0 Å². The predicted molar refractivity (Wildman–Crippen MR) is 85.4 cm³/mol. The minimum Gasteiger partial charge on any atom is -0.450 e. The molecule has 2 atom stereocenters. The van der Waals surface area contributed by atoms with Crippen LogP contribution in [0.4, 0.5) is 4.79 Å². The molecule has 1 aliphatic carbocycles. The summed E-state index contributed by atoms with van der Waals surface area (Å²) in [6.45, 7) is 4.12. The molecule has 0 bridgehead atoms. The zero-order valence-corrected chi connectivity index (χ0v) is 13.2. The lowest BCUT2D eigenvalue weighted by molar-refractivity contribution is 0.0455. The number of aliphatic hydroxyl groups is 1. The Balaban J connectivity index is 2.02. The fourth-order valence-corrected chi connectivity index (χ4v) is 2.74. The van der Waals surface area contributed by atoms with E-state index in [0.717, 1.165) is 24.0 Å². The van der Waals surface area contributed by atoms with Crippen molar-refractivity contribution in [3.05, 3.63) is 35.4 Å². The lowest BCUT2D eigenvalue weighted by atomic mass is 9.82. The van der Waals surface area contributed by atoms with E-state index in [0.29, 0.717) is 19.4 Å². The lowest BCUT2D eigenvalue weighted by Crippen LogP contribution is -2.45. The lowest BCUT2D eigenvalue weighted by Gasteiger charge is -2.33. The van der Waals surface area contributed by atoms with Gasteiger partial charge in [0.1, 0.15) is 5.60 Å². The predicted octanol–water partition coefficient (Wildman–Crippen LogP) is 2.77. The maximum absolute atomic E-state index is 11.5. The molecule has 2 unspecified atom stereocenters. The summed E-state index contributed by atoms with van der Waals surface area (Å²) in [6, 6.07) is 7.80. The number of alkyl carbamates (subject to hydrolysis) is 1. The van der Waals surface area contributed by atoms with E-state index in [1.165, 1.54) is 0 Å². The quantitative estimate of drug-likeness (QED) is 0.826. The molecule has 0 aromatic heterocycles. The summed E-state index contributed by atoms with van der Waals surface area (Å²) in [5.41, 5.74) is 0.991. The number of nitrogens with one attached hydrogen (secondary N) is 1. The molecule has 0 saturated heterocycles. The highest BCUT2D eigenvalue weighted by Crippen LogP contribution is 2.28. The van der Waals surface area contributed by atoms with E-state index in [1.807, 2.05) is 31.2 Å². The highest BCUT2D eigenvalue weighted by molar-refractivity contribution is 5.67. The summed E-state index contributed by atoms with van der Waals surface area (Å²) in [6.07, 6.45) is 2.31. The summed E-state index contributed by atoms with van der Waals surface area (Å²) in [4.78, 5) is 11.5. The molecule has 2 rings (SSSR count). The van der Waals surface area contributed by atoms with Crippen molar-refractivity contribution in [1.82, 2.24) is 5.32 Å². The normalized spacial score (nSPS) is 24.0. The fourth-order valence-electron chi connectivity index (χ4n) is 2.74. The third kappa shape index (κ3) is 4.78. The van der Waals surface area contributed by atoms with Gasteiger partial charge in [-0.05, 0) is 50.8 Å². The summed E-state index contributed by atoms with van der Waals surface area (Å²) < 4.78 is 4.89. The van der Waals surface area contributed by atoms with Crippen LogP contribution in [0, 0.1) is 18.8 Å². The van der Waals surface area contributed by atoms with Crippen molar-refractivity contribution in [2.24, 2.45) is 0 Å². The first-order valence-corrected chi connectivity index (χ1v) is 7.76. The van der Waals surface area contributed by atoms with Crippen LogP contribution < -0.4 is 5.32 Å². The first-order valence-electron chi connectivity index (χ1n) is 7.76. The molecule has 118 valence electrons. The second-order valence-corrected chi connectivity index (χ2v) is 5.81. The number of carbonyl (C=O) groups is 1. The Hall–Kier alpha value is -1.99. The highest BCUT2D eigenvalue weighted by Gasteiger charge is 2.33. The standard InChI is InChI=1S/C18H23NO3/c1-3-22-17(20)19-16-8-5-10-18(21,13-16)11-9-15-7-4-6-14(2)12-15/h4,6-7,12,16,21H,3,5,8,10,13H2,1-2H3,(H,19,20). The van der Waals surface area contributed by atoms with E-state index in [4.69, 9.17) is 4.74 Å². The summed E-state index contributed by atoms with van der Waals surface area (Å²) >= 11 is 0. The first-order chi connectivity index (χ1) is 10.5. The third-order valence-electron chi connectivity index (χ3n) is 3.78. The van der Waals surface area contributed by atoms with Crippen LogP contribution in [-0.4, -0.2) is 29.4 Å². The molecule has 0 radical (unpaired) electrons. The summed E-state index contributed by atoms with van der Waals surface area (Å²) in [7, 11) is 0. The average molecular weight is 301 g/mol. The van der Waals surface area contributed by atoms with Gasteiger partial charge >= 0.3 is 6.09 Å². The molecular formula is C18H23NO3. The van der Waals surface area contributed by atoms with Crippen molar-refractivity contribution < 1.29 is 14.6 Å². The minimum atomic E-state index is -1.05. The number of carbonyl (C=O) groups excluding carboxylic acids is 1. The average Bonchev–Trinajstić information content (AvgIpc) is 2.46. The second kappa shape index (κ2) is 7.33. The van der Waals surface area contributed by atoms with Crippen molar-refractivity contribution >= 4 is 6.09 Å². The van der Waals surface area contributed by atoms with Gasteiger partial charge in [-0.1, -0.05) is 24.0 Å². The van der Waals surface area contributed by atoms with Gasteiger partial charge in [-0.3, -0.25) is 0 Å². The zero-order chi connectivity index (χ0) is 16.0. The van der Waals surface area contributed by atoms with Crippen LogP contribution >= 0.6 is 0 Å². The summed E-state index contributed by atoms with van der Waals surface area (Å²) in [5.74, 6) is 6.04. The van der Waals surface area contributed by atoms with Crippen molar-refractivity contribution in [3.63, 3.8) is 0 Å². The van der Waals surface area contributed by atoms with Crippen LogP contribution in [0.5, 0.6) is 0 Å². The topological polar surface area (TPSA) is 58.6 Å². The Kier molecular flexibility index (Phi) is 5.46. The molecule has 22 heavy (non-hydrogen) atoms. The Bertz CT molecular complexity index is 587. The number of benzene rings is 1. The minimum absolute atomic E-state index is 0.0930. The number of hydrogen-bond donors (Lipinski definition) is 2. The van der Waals surface area contributed by atoms with Crippen LogP contribution in [0.3, 0.4) is 0 Å². The second-order valence-electron chi connectivity index (χ2n) is 5.81. The summed E-state index contributed by atoms with van der Waals surface area (Å²) in [5, 5.41) is 13.4. The van der Waals surface area contributed by atoms with E-state index in [2.05, 4.69) is 17.2 Å². The number of rotatable bonds is 2. The molecular weight excluding hydrogens is 278 g/mol. The smallest absolute Gasteiger partial charge is 0.407 e. The first kappa shape index (κ1) is 16.4. The molecule has 1 aliphatic rings. The van der Waals surface area contributed by atoms with E-state index < -0.39 is 11.7 Å². The third-order valence-corrected chi connectivity index (χ3v) is 3.78. The number of hydrogen-bond acceptors (Lipinski definition) is 3. The molecule has 1 saturated carbocycles. The molecule has 1 amide bonds. The van der Waals surface area contributed by atoms with Crippen LogP contribution in [0.2, 0.25) is 0 Å².